The van der Waals surface area contributed by atoms with Crippen LogP contribution >= 0.6 is 11.3 Å². The second kappa shape index (κ2) is 3.01. The summed E-state index contributed by atoms with van der Waals surface area (Å²) in [6.45, 7) is 8.54. The van der Waals surface area contributed by atoms with Crippen molar-refractivity contribution in [3.05, 3.63) is 22.4 Å². The molecule has 0 atom stereocenters. The van der Waals surface area contributed by atoms with Crippen LogP contribution in [0.25, 0.3) is 0 Å². The van der Waals surface area contributed by atoms with Crippen LogP contribution in [0.5, 0.6) is 0 Å². The predicted octanol–water partition coefficient (Wildman–Crippen LogP) is 3.58. The number of nitrogens with zero attached hydrogens (tertiary/aromatic N) is 1. The number of aliphatic imine (C=N–C) groups is 1. The Labute approximate surface area is 94.6 Å². The van der Waals surface area contributed by atoms with E-state index < -0.39 is 0 Å². The van der Waals surface area contributed by atoms with Crippen molar-refractivity contribution in [1.29, 1.82) is 5.41 Å². The van der Waals surface area contributed by atoms with Crippen LogP contribution in [0, 0.1) is 16.2 Å². The highest BCUT2D eigenvalue weighted by Crippen LogP contribution is 2.47. The monoisotopic (exact) mass is 220 g/mol. The number of amidine groups is 1. The van der Waals surface area contributed by atoms with Gasteiger partial charge in [-0.3, -0.25) is 5.41 Å². The largest absolute Gasteiger partial charge is 0.286 e. The standard InChI is InChI=1S/C12H16N2S/c1-11(2)9(8-6-5-7-15-8)14-10(13)12(11,3)4/h5-7,13H,1-4H3. The molecule has 0 saturated heterocycles. The van der Waals surface area contributed by atoms with Gasteiger partial charge in [-0.15, -0.1) is 11.3 Å². The van der Waals surface area contributed by atoms with Gasteiger partial charge in [0.05, 0.1) is 5.71 Å². The molecule has 0 bridgehead atoms. The molecule has 0 aromatic carbocycles. The molecule has 2 nitrogen and oxygen atoms in total. The zero-order valence-corrected chi connectivity index (χ0v) is 10.4. The van der Waals surface area contributed by atoms with E-state index in [2.05, 4.69) is 44.1 Å². The Balaban J connectivity index is 2.53. The van der Waals surface area contributed by atoms with E-state index in [4.69, 9.17) is 5.41 Å². The number of nitrogens with one attached hydrogen (secondary N) is 1. The Bertz CT molecular complexity index is 424. The third kappa shape index (κ3) is 1.29. The predicted molar refractivity (Wildman–Crippen MR) is 66.1 cm³/mol. The molecule has 3 heteroatoms. The molecule has 0 aliphatic carbocycles. The van der Waals surface area contributed by atoms with Gasteiger partial charge < -0.3 is 0 Å². The average molecular weight is 220 g/mol. The molecule has 0 spiro atoms. The quantitative estimate of drug-likeness (QED) is 0.751. The first kappa shape index (κ1) is 10.6. The Kier molecular flexibility index (Phi) is 2.12. The first-order valence-corrected chi connectivity index (χ1v) is 5.97. The molecular formula is C12H16N2S. The number of thiophene rings is 1. The zero-order valence-electron chi connectivity index (χ0n) is 9.59. The normalized spacial score (nSPS) is 22.9. The molecule has 2 heterocycles. The van der Waals surface area contributed by atoms with Gasteiger partial charge in [0.15, 0.2) is 0 Å². The van der Waals surface area contributed by atoms with Crippen LogP contribution in [-0.4, -0.2) is 11.5 Å². The first-order valence-electron chi connectivity index (χ1n) is 5.09. The van der Waals surface area contributed by atoms with Crippen molar-refractivity contribution in [3.8, 4) is 0 Å². The molecule has 0 unspecified atom stereocenters. The lowest BCUT2D eigenvalue weighted by Gasteiger charge is -2.34. The van der Waals surface area contributed by atoms with Gasteiger partial charge >= 0.3 is 0 Å². The van der Waals surface area contributed by atoms with Crippen LogP contribution in [-0.2, 0) is 0 Å². The average Bonchev–Trinajstić information content (AvgIpc) is 2.69. The first-order chi connectivity index (χ1) is 6.87. The Morgan fingerprint density at radius 2 is 1.87 bits per heavy atom. The van der Waals surface area contributed by atoms with E-state index in [0.29, 0.717) is 5.84 Å². The summed E-state index contributed by atoms with van der Waals surface area (Å²) in [6.07, 6.45) is 0. The van der Waals surface area contributed by atoms with Crippen LogP contribution in [0.4, 0.5) is 0 Å². The van der Waals surface area contributed by atoms with Gasteiger partial charge in [0.2, 0.25) is 0 Å². The van der Waals surface area contributed by atoms with Gasteiger partial charge in [-0.2, -0.15) is 0 Å². The Morgan fingerprint density at radius 3 is 2.27 bits per heavy atom. The van der Waals surface area contributed by atoms with Crippen molar-refractivity contribution in [3.63, 3.8) is 0 Å². The minimum absolute atomic E-state index is 0.0606. The highest BCUT2D eigenvalue weighted by atomic mass is 32.1. The summed E-state index contributed by atoms with van der Waals surface area (Å²) in [4.78, 5) is 5.64. The van der Waals surface area contributed by atoms with Crippen LogP contribution in [0.1, 0.15) is 32.6 Å². The second-order valence-electron chi connectivity index (χ2n) is 5.04. The highest BCUT2D eigenvalue weighted by molar-refractivity contribution is 7.12. The second-order valence-corrected chi connectivity index (χ2v) is 5.98. The lowest BCUT2D eigenvalue weighted by atomic mass is 9.66. The minimum atomic E-state index is -0.174. The summed E-state index contributed by atoms with van der Waals surface area (Å²) in [5.41, 5.74) is 0.828. The molecule has 2 rings (SSSR count). The fourth-order valence-corrected chi connectivity index (χ4v) is 2.63. The van der Waals surface area contributed by atoms with Crippen LogP contribution < -0.4 is 0 Å². The maximum Gasteiger partial charge on any atom is 0.127 e. The van der Waals surface area contributed by atoms with E-state index in [0.717, 1.165) is 5.71 Å². The highest BCUT2D eigenvalue weighted by Gasteiger charge is 2.49. The molecule has 1 aromatic rings. The topological polar surface area (TPSA) is 36.2 Å². The molecule has 1 aromatic heterocycles. The SMILES string of the molecule is CC1(C)C(=N)N=C(c2cccs2)C1(C)C. The van der Waals surface area contributed by atoms with Gasteiger partial charge in [0, 0.05) is 15.7 Å². The Hall–Kier alpha value is -0.960. The number of hydrogen-bond donors (Lipinski definition) is 1. The van der Waals surface area contributed by atoms with Crippen molar-refractivity contribution < 1.29 is 0 Å². The summed E-state index contributed by atoms with van der Waals surface area (Å²) in [7, 11) is 0. The third-order valence-corrected chi connectivity index (χ3v) is 4.60. The van der Waals surface area contributed by atoms with Gasteiger partial charge in [-0.1, -0.05) is 33.8 Å². The van der Waals surface area contributed by atoms with E-state index in [-0.39, 0.29) is 10.8 Å². The molecular weight excluding hydrogens is 204 g/mol. The minimum Gasteiger partial charge on any atom is -0.286 e. The molecule has 1 N–H and O–H groups in total. The van der Waals surface area contributed by atoms with E-state index in [1.54, 1.807) is 11.3 Å². The summed E-state index contributed by atoms with van der Waals surface area (Å²) in [5.74, 6) is 0.496. The lowest BCUT2D eigenvalue weighted by Crippen LogP contribution is -2.37. The van der Waals surface area contributed by atoms with Crippen molar-refractivity contribution >= 4 is 22.9 Å². The van der Waals surface area contributed by atoms with Gasteiger partial charge in [0.25, 0.3) is 0 Å². The third-order valence-electron chi connectivity index (χ3n) is 3.72. The zero-order chi connectivity index (χ0) is 11.3. The molecule has 80 valence electrons. The summed E-state index contributed by atoms with van der Waals surface area (Å²) in [6, 6.07) is 4.12. The van der Waals surface area contributed by atoms with Crippen molar-refractivity contribution in [2.45, 2.75) is 27.7 Å². The lowest BCUT2D eigenvalue weighted by molar-refractivity contribution is 0.298. The van der Waals surface area contributed by atoms with E-state index >= 15 is 0 Å². The van der Waals surface area contributed by atoms with Gasteiger partial charge in [0.1, 0.15) is 5.84 Å². The fourth-order valence-electron chi connectivity index (χ4n) is 1.76. The smallest absolute Gasteiger partial charge is 0.127 e. The molecule has 15 heavy (non-hydrogen) atoms. The van der Waals surface area contributed by atoms with Gasteiger partial charge in [-0.05, 0) is 11.4 Å². The maximum atomic E-state index is 7.96. The summed E-state index contributed by atoms with van der Waals surface area (Å²) >= 11 is 1.70. The van der Waals surface area contributed by atoms with Crippen LogP contribution in [0.3, 0.4) is 0 Å². The molecule has 1 aliphatic heterocycles. The molecule has 1 aliphatic rings. The van der Waals surface area contributed by atoms with E-state index in [1.807, 2.05) is 6.07 Å². The van der Waals surface area contributed by atoms with Crippen LogP contribution in [0.2, 0.25) is 0 Å². The molecule has 0 radical (unpaired) electrons. The van der Waals surface area contributed by atoms with E-state index in [1.165, 1.54) is 4.88 Å². The number of rotatable bonds is 1. The summed E-state index contributed by atoms with van der Waals surface area (Å²) in [5, 5.41) is 10.0. The molecule has 0 saturated carbocycles. The maximum absolute atomic E-state index is 7.96. The van der Waals surface area contributed by atoms with Crippen molar-refractivity contribution in [2.75, 3.05) is 0 Å². The number of hydrogen-bond acceptors (Lipinski definition) is 2. The van der Waals surface area contributed by atoms with Crippen molar-refractivity contribution in [2.24, 2.45) is 15.8 Å². The van der Waals surface area contributed by atoms with Crippen LogP contribution in [0.15, 0.2) is 22.5 Å². The van der Waals surface area contributed by atoms with E-state index in [9.17, 15) is 0 Å². The Morgan fingerprint density at radius 1 is 1.20 bits per heavy atom. The molecule has 0 amide bonds. The fraction of sp³-hybridized carbons (Fsp3) is 0.500. The van der Waals surface area contributed by atoms with Crippen molar-refractivity contribution in [1.82, 2.24) is 0 Å². The molecule has 0 fully saturated rings. The van der Waals surface area contributed by atoms with Gasteiger partial charge in [-0.25, -0.2) is 4.99 Å². The summed E-state index contributed by atoms with van der Waals surface area (Å²) < 4.78 is 0.